The van der Waals surface area contributed by atoms with Crippen LogP contribution < -0.4 is 4.74 Å². The Balaban J connectivity index is 3.30. The lowest BCUT2D eigenvalue weighted by Crippen LogP contribution is -2.19. The second-order valence-electron chi connectivity index (χ2n) is 3.43. The van der Waals surface area contributed by atoms with Gasteiger partial charge in [-0.1, -0.05) is 0 Å². The second kappa shape index (κ2) is 5.08. The van der Waals surface area contributed by atoms with Crippen molar-refractivity contribution >= 4 is 11.7 Å². The van der Waals surface area contributed by atoms with E-state index >= 15 is 0 Å². The standard InChI is InChI=1S/C9H7F3N2O5/c1-4-8(14(17)18)5(3-7(15)16)2-6(13-4)19-9(10,11)12/h2H,3H2,1H3,(H,15,16). The molecule has 0 spiro atoms. The van der Waals surface area contributed by atoms with E-state index in [0.29, 0.717) is 6.07 Å². The topological polar surface area (TPSA) is 103 Å². The number of aromatic nitrogens is 1. The van der Waals surface area contributed by atoms with E-state index < -0.39 is 40.8 Å². The number of hydrogen-bond donors (Lipinski definition) is 1. The molecule has 1 aromatic heterocycles. The van der Waals surface area contributed by atoms with E-state index in [2.05, 4.69) is 9.72 Å². The number of nitrogens with zero attached hydrogens (tertiary/aromatic N) is 2. The molecule has 0 bridgehead atoms. The molecule has 19 heavy (non-hydrogen) atoms. The summed E-state index contributed by atoms with van der Waals surface area (Å²) >= 11 is 0. The number of aliphatic carboxylic acids is 1. The average Bonchev–Trinajstić information content (AvgIpc) is 2.10. The highest BCUT2D eigenvalue weighted by atomic mass is 19.4. The Morgan fingerprint density at radius 1 is 1.58 bits per heavy atom. The van der Waals surface area contributed by atoms with E-state index in [4.69, 9.17) is 5.11 Å². The van der Waals surface area contributed by atoms with E-state index in [-0.39, 0.29) is 5.69 Å². The van der Waals surface area contributed by atoms with Crippen LogP contribution in [0.1, 0.15) is 11.3 Å². The first-order chi connectivity index (χ1) is 8.60. The first kappa shape index (κ1) is 14.7. The molecule has 7 nitrogen and oxygen atoms in total. The predicted octanol–water partition coefficient (Wildman–Crippen LogP) is 1.82. The van der Waals surface area contributed by atoms with E-state index in [9.17, 15) is 28.1 Å². The van der Waals surface area contributed by atoms with Crippen LogP contribution in [0.3, 0.4) is 0 Å². The molecule has 1 rings (SSSR count). The van der Waals surface area contributed by atoms with Crippen LogP contribution in [-0.2, 0) is 11.2 Å². The molecule has 0 amide bonds. The SMILES string of the molecule is Cc1nc(OC(F)(F)F)cc(CC(=O)O)c1[N+](=O)[O-]. The van der Waals surface area contributed by atoms with Crippen molar-refractivity contribution < 1.29 is 32.7 Å². The number of halogens is 3. The predicted molar refractivity (Wildman–Crippen MR) is 53.7 cm³/mol. The Morgan fingerprint density at radius 3 is 2.58 bits per heavy atom. The maximum Gasteiger partial charge on any atom is 0.574 e. The molecule has 104 valence electrons. The Hall–Kier alpha value is -2.39. The number of rotatable bonds is 4. The van der Waals surface area contributed by atoms with E-state index in [0.717, 1.165) is 6.92 Å². The fraction of sp³-hybridized carbons (Fsp3) is 0.333. The summed E-state index contributed by atoms with van der Waals surface area (Å²) in [5, 5.41) is 19.3. The van der Waals surface area contributed by atoms with Crippen molar-refractivity contribution in [1.82, 2.24) is 4.98 Å². The molecule has 0 saturated carbocycles. The Bertz CT molecular complexity index is 529. The van der Waals surface area contributed by atoms with Gasteiger partial charge < -0.3 is 9.84 Å². The summed E-state index contributed by atoms with van der Waals surface area (Å²) in [6, 6.07) is 0.590. The largest absolute Gasteiger partial charge is 0.574 e. The minimum absolute atomic E-state index is 0.358. The third-order valence-corrected chi connectivity index (χ3v) is 1.97. The van der Waals surface area contributed by atoms with Gasteiger partial charge in [-0.2, -0.15) is 0 Å². The van der Waals surface area contributed by atoms with Crippen molar-refractivity contribution in [3.8, 4) is 5.88 Å². The smallest absolute Gasteiger partial charge is 0.481 e. The zero-order chi connectivity index (χ0) is 14.8. The summed E-state index contributed by atoms with van der Waals surface area (Å²) in [5.74, 6) is -2.36. The fourth-order valence-electron chi connectivity index (χ4n) is 1.42. The molecule has 0 atom stereocenters. The van der Waals surface area contributed by atoms with Crippen LogP contribution in [0.4, 0.5) is 18.9 Å². The molecule has 1 heterocycles. The number of aryl methyl sites for hydroxylation is 1. The molecule has 0 aliphatic heterocycles. The third-order valence-electron chi connectivity index (χ3n) is 1.97. The number of hydrogen-bond acceptors (Lipinski definition) is 5. The zero-order valence-electron chi connectivity index (χ0n) is 9.39. The van der Waals surface area contributed by atoms with Gasteiger partial charge in [0.15, 0.2) is 0 Å². The molecular formula is C9H7F3N2O5. The first-order valence-electron chi connectivity index (χ1n) is 4.72. The maximum absolute atomic E-state index is 12.0. The van der Waals surface area contributed by atoms with E-state index in [1.165, 1.54) is 0 Å². The van der Waals surface area contributed by atoms with Gasteiger partial charge in [-0.3, -0.25) is 14.9 Å². The van der Waals surface area contributed by atoms with Gasteiger partial charge in [0.1, 0.15) is 5.69 Å². The van der Waals surface area contributed by atoms with Crippen LogP contribution in [0.2, 0.25) is 0 Å². The van der Waals surface area contributed by atoms with Gasteiger partial charge in [0.25, 0.3) is 5.69 Å². The van der Waals surface area contributed by atoms with Crippen LogP contribution in [0, 0.1) is 17.0 Å². The number of pyridine rings is 1. The highest BCUT2D eigenvalue weighted by Crippen LogP contribution is 2.29. The van der Waals surface area contributed by atoms with Gasteiger partial charge in [-0.15, -0.1) is 13.2 Å². The quantitative estimate of drug-likeness (QED) is 0.666. The fourth-order valence-corrected chi connectivity index (χ4v) is 1.42. The number of alkyl halides is 3. The van der Waals surface area contributed by atoms with Crippen molar-refractivity contribution in [2.45, 2.75) is 19.7 Å². The molecule has 0 saturated heterocycles. The highest BCUT2D eigenvalue weighted by molar-refractivity contribution is 5.72. The minimum atomic E-state index is -5.02. The summed E-state index contributed by atoms with van der Waals surface area (Å²) in [6.45, 7) is 1.09. The molecule has 1 aromatic rings. The maximum atomic E-state index is 12.0. The molecule has 0 aliphatic carbocycles. The van der Waals surface area contributed by atoms with Crippen molar-refractivity contribution in [2.24, 2.45) is 0 Å². The van der Waals surface area contributed by atoms with Gasteiger partial charge >= 0.3 is 12.3 Å². The molecule has 0 aliphatic rings. The normalized spacial score (nSPS) is 11.2. The molecule has 0 radical (unpaired) electrons. The van der Waals surface area contributed by atoms with Crippen LogP contribution in [0.5, 0.6) is 5.88 Å². The number of ether oxygens (including phenoxy) is 1. The minimum Gasteiger partial charge on any atom is -0.481 e. The Morgan fingerprint density at radius 2 is 2.16 bits per heavy atom. The van der Waals surface area contributed by atoms with Crippen LogP contribution in [-0.4, -0.2) is 27.3 Å². The van der Waals surface area contributed by atoms with Gasteiger partial charge in [0.2, 0.25) is 5.88 Å². The van der Waals surface area contributed by atoms with Gasteiger partial charge in [0.05, 0.1) is 11.3 Å². The lowest BCUT2D eigenvalue weighted by molar-refractivity contribution is -0.386. The second-order valence-corrected chi connectivity index (χ2v) is 3.43. The average molecular weight is 280 g/mol. The molecule has 0 unspecified atom stereocenters. The molecule has 0 aromatic carbocycles. The van der Waals surface area contributed by atoms with E-state index in [1.807, 2.05) is 0 Å². The van der Waals surface area contributed by atoms with Crippen molar-refractivity contribution in [1.29, 1.82) is 0 Å². The van der Waals surface area contributed by atoms with Crippen molar-refractivity contribution in [3.05, 3.63) is 27.4 Å². The lowest BCUT2D eigenvalue weighted by Gasteiger charge is -2.10. The lowest BCUT2D eigenvalue weighted by atomic mass is 10.1. The summed E-state index contributed by atoms with van der Waals surface area (Å²) in [7, 11) is 0. The van der Waals surface area contributed by atoms with Crippen molar-refractivity contribution in [2.75, 3.05) is 0 Å². The molecule has 0 fully saturated rings. The number of carboxylic acid groups (broad SMARTS) is 1. The Kier molecular flexibility index (Phi) is 3.92. The summed E-state index contributed by atoms with van der Waals surface area (Å²) in [4.78, 5) is 23.6. The van der Waals surface area contributed by atoms with E-state index in [1.54, 1.807) is 0 Å². The van der Waals surface area contributed by atoms with Gasteiger partial charge in [0, 0.05) is 11.6 Å². The Labute approximate surface area is 103 Å². The number of carboxylic acids is 1. The van der Waals surface area contributed by atoms with Crippen LogP contribution >= 0.6 is 0 Å². The van der Waals surface area contributed by atoms with Crippen molar-refractivity contribution in [3.63, 3.8) is 0 Å². The van der Waals surface area contributed by atoms with Gasteiger partial charge in [-0.05, 0) is 6.92 Å². The highest BCUT2D eigenvalue weighted by Gasteiger charge is 2.33. The molecule has 1 N–H and O–H groups in total. The number of nitro groups is 1. The third kappa shape index (κ3) is 4.08. The molecular weight excluding hydrogens is 273 g/mol. The van der Waals surface area contributed by atoms with Crippen LogP contribution in [0.25, 0.3) is 0 Å². The van der Waals surface area contributed by atoms with Crippen LogP contribution in [0.15, 0.2) is 6.07 Å². The number of carbonyl (C=O) groups is 1. The summed E-state index contributed by atoms with van der Waals surface area (Å²) < 4.78 is 39.6. The monoisotopic (exact) mass is 280 g/mol. The van der Waals surface area contributed by atoms with Gasteiger partial charge in [-0.25, -0.2) is 4.98 Å². The zero-order valence-corrected chi connectivity index (χ0v) is 9.39. The summed E-state index contributed by atoms with van der Waals surface area (Å²) in [5.41, 5.74) is -1.41. The first-order valence-corrected chi connectivity index (χ1v) is 4.72. The molecule has 10 heteroatoms. The summed E-state index contributed by atoms with van der Waals surface area (Å²) in [6.07, 6.45) is -5.83.